The Bertz CT molecular complexity index is 334. The van der Waals surface area contributed by atoms with Crippen molar-refractivity contribution in [2.24, 2.45) is 0 Å². The summed E-state index contributed by atoms with van der Waals surface area (Å²) in [5.41, 5.74) is 0. The first-order chi connectivity index (χ1) is 8.30. The van der Waals surface area contributed by atoms with Gasteiger partial charge in [-0.1, -0.05) is 0 Å². The zero-order valence-electron chi connectivity index (χ0n) is 9.34. The monoisotopic (exact) mass is 289 g/mol. The standard InChI is InChI=1S/C10H12ClF4NO2/c11-5-7(17)3-4-16(6-1-2-6)9(18)10(14,15)8(12)13/h6,8H,1-5H2. The SMILES string of the molecule is O=C(CCl)CCN(C(=O)C(F)(F)C(F)F)C1CC1. The summed E-state index contributed by atoms with van der Waals surface area (Å²) in [5.74, 6) is -7.33. The zero-order chi connectivity index (χ0) is 13.9. The smallest absolute Gasteiger partial charge is 0.334 e. The van der Waals surface area contributed by atoms with Gasteiger partial charge in [-0.3, -0.25) is 9.59 Å². The molecule has 1 aliphatic carbocycles. The Balaban J connectivity index is 2.67. The van der Waals surface area contributed by atoms with E-state index in [0.717, 1.165) is 0 Å². The lowest BCUT2D eigenvalue weighted by molar-refractivity contribution is -0.181. The van der Waals surface area contributed by atoms with Gasteiger partial charge in [-0.05, 0) is 12.8 Å². The van der Waals surface area contributed by atoms with Crippen molar-refractivity contribution in [2.75, 3.05) is 12.4 Å². The van der Waals surface area contributed by atoms with Gasteiger partial charge in [0.25, 0.3) is 5.91 Å². The molecule has 0 aromatic carbocycles. The molecule has 0 spiro atoms. The van der Waals surface area contributed by atoms with Crippen LogP contribution in [0, 0.1) is 0 Å². The van der Waals surface area contributed by atoms with Crippen LogP contribution in [0.4, 0.5) is 17.6 Å². The fourth-order valence-corrected chi connectivity index (χ4v) is 1.57. The van der Waals surface area contributed by atoms with E-state index in [2.05, 4.69) is 0 Å². The fraction of sp³-hybridized carbons (Fsp3) is 0.800. The summed E-state index contributed by atoms with van der Waals surface area (Å²) in [6.45, 7) is -0.294. The summed E-state index contributed by atoms with van der Waals surface area (Å²) < 4.78 is 50.0. The first-order valence-corrected chi connectivity index (χ1v) is 5.88. The second-order valence-electron chi connectivity index (χ2n) is 4.08. The third-order valence-corrected chi connectivity index (χ3v) is 2.89. The molecule has 1 saturated carbocycles. The molecule has 0 N–H and O–H groups in total. The van der Waals surface area contributed by atoms with Crippen LogP contribution in [0.15, 0.2) is 0 Å². The van der Waals surface area contributed by atoms with Gasteiger partial charge in [0, 0.05) is 19.0 Å². The molecule has 0 saturated heterocycles. The molecule has 18 heavy (non-hydrogen) atoms. The summed E-state index contributed by atoms with van der Waals surface area (Å²) in [4.78, 5) is 23.0. The van der Waals surface area contributed by atoms with Crippen LogP contribution < -0.4 is 0 Å². The summed E-state index contributed by atoms with van der Waals surface area (Å²) in [6, 6.07) is -0.467. The van der Waals surface area contributed by atoms with E-state index in [-0.39, 0.29) is 18.8 Å². The van der Waals surface area contributed by atoms with Crippen molar-refractivity contribution in [2.45, 2.75) is 37.7 Å². The highest BCUT2D eigenvalue weighted by molar-refractivity contribution is 6.27. The number of alkyl halides is 5. The van der Waals surface area contributed by atoms with Crippen LogP contribution in [0.2, 0.25) is 0 Å². The Kier molecular flexibility index (Phi) is 4.95. The van der Waals surface area contributed by atoms with Gasteiger partial charge in [0.1, 0.15) is 5.78 Å². The molecule has 0 radical (unpaired) electrons. The summed E-state index contributed by atoms with van der Waals surface area (Å²) >= 11 is 5.23. The Morgan fingerprint density at radius 3 is 2.28 bits per heavy atom. The molecule has 0 bridgehead atoms. The van der Waals surface area contributed by atoms with Crippen LogP contribution in [0.25, 0.3) is 0 Å². The van der Waals surface area contributed by atoms with E-state index in [9.17, 15) is 27.2 Å². The summed E-state index contributed by atoms with van der Waals surface area (Å²) in [5, 5.41) is 0. The van der Waals surface area contributed by atoms with E-state index in [1.54, 1.807) is 0 Å². The molecule has 104 valence electrons. The molecule has 0 unspecified atom stereocenters. The summed E-state index contributed by atoms with van der Waals surface area (Å²) in [6.07, 6.45) is -3.28. The average molecular weight is 290 g/mol. The molecule has 1 fully saturated rings. The Labute approximate surface area is 106 Å². The van der Waals surface area contributed by atoms with Gasteiger partial charge in [-0.15, -0.1) is 11.6 Å². The maximum absolute atomic E-state index is 12.9. The number of carbonyl (C=O) groups is 2. The van der Waals surface area contributed by atoms with Gasteiger partial charge < -0.3 is 4.90 Å². The van der Waals surface area contributed by atoms with Crippen LogP contribution in [-0.2, 0) is 9.59 Å². The zero-order valence-corrected chi connectivity index (χ0v) is 10.1. The predicted octanol–water partition coefficient (Wildman–Crippen LogP) is 2.08. The van der Waals surface area contributed by atoms with Crippen LogP contribution in [0.1, 0.15) is 19.3 Å². The van der Waals surface area contributed by atoms with Crippen LogP contribution in [0.5, 0.6) is 0 Å². The molecule has 0 atom stereocenters. The van der Waals surface area contributed by atoms with Crippen molar-refractivity contribution in [3.05, 3.63) is 0 Å². The molecule has 0 aromatic heterocycles. The van der Waals surface area contributed by atoms with Gasteiger partial charge in [-0.25, -0.2) is 8.78 Å². The second kappa shape index (κ2) is 5.86. The number of hydrogen-bond donors (Lipinski definition) is 0. The van der Waals surface area contributed by atoms with Gasteiger partial charge in [-0.2, -0.15) is 8.78 Å². The minimum atomic E-state index is -4.70. The quantitative estimate of drug-likeness (QED) is 0.531. The van der Waals surface area contributed by atoms with Crippen LogP contribution >= 0.6 is 11.6 Å². The third-order valence-electron chi connectivity index (χ3n) is 2.59. The van der Waals surface area contributed by atoms with E-state index in [1.807, 2.05) is 0 Å². The fourth-order valence-electron chi connectivity index (χ4n) is 1.43. The minimum Gasteiger partial charge on any atom is -0.334 e. The van der Waals surface area contributed by atoms with Crippen molar-refractivity contribution < 1.29 is 27.2 Å². The normalized spacial score (nSPS) is 15.9. The second-order valence-corrected chi connectivity index (χ2v) is 4.34. The van der Waals surface area contributed by atoms with Crippen molar-refractivity contribution in [1.29, 1.82) is 0 Å². The lowest BCUT2D eigenvalue weighted by Crippen LogP contribution is -2.49. The lowest BCUT2D eigenvalue weighted by Gasteiger charge is -2.26. The van der Waals surface area contributed by atoms with Crippen molar-refractivity contribution in [1.82, 2.24) is 4.90 Å². The maximum Gasteiger partial charge on any atom is 0.383 e. The molecular formula is C10H12ClF4NO2. The number of carbonyl (C=O) groups excluding carboxylic acids is 2. The van der Waals surface area contributed by atoms with Gasteiger partial charge >= 0.3 is 12.3 Å². The van der Waals surface area contributed by atoms with Crippen LogP contribution in [0.3, 0.4) is 0 Å². The molecule has 0 aliphatic heterocycles. The van der Waals surface area contributed by atoms with E-state index < -0.39 is 30.1 Å². The molecule has 3 nitrogen and oxygen atoms in total. The van der Waals surface area contributed by atoms with Gasteiger partial charge in [0.2, 0.25) is 0 Å². The van der Waals surface area contributed by atoms with Crippen LogP contribution in [-0.4, -0.2) is 47.4 Å². The molecule has 1 aliphatic rings. The van der Waals surface area contributed by atoms with E-state index in [0.29, 0.717) is 17.7 Å². The first kappa shape index (κ1) is 15.2. The maximum atomic E-state index is 12.9. The van der Waals surface area contributed by atoms with Crippen molar-refractivity contribution >= 4 is 23.3 Å². The van der Waals surface area contributed by atoms with Gasteiger partial charge in [0.05, 0.1) is 5.88 Å². The molecule has 1 rings (SSSR count). The third kappa shape index (κ3) is 3.57. The number of hydrogen-bond acceptors (Lipinski definition) is 2. The van der Waals surface area contributed by atoms with Gasteiger partial charge in [0.15, 0.2) is 0 Å². The molecule has 0 aromatic rings. The molecule has 8 heteroatoms. The summed E-state index contributed by atoms with van der Waals surface area (Å²) in [7, 11) is 0. The van der Waals surface area contributed by atoms with E-state index >= 15 is 0 Å². The minimum absolute atomic E-state index is 0.203. The number of ketones is 1. The van der Waals surface area contributed by atoms with Crippen molar-refractivity contribution in [3.63, 3.8) is 0 Å². The lowest BCUT2D eigenvalue weighted by atomic mass is 10.2. The first-order valence-electron chi connectivity index (χ1n) is 5.35. The Hall–Kier alpha value is -0.850. The molecular weight excluding hydrogens is 278 g/mol. The highest BCUT2D eigenvalue weighted by Crippen LogP contribution is 2.33. The number of nitrogens with zero attached hydrogens (tertiary/aromatic N) is 1. The highest BCUT2D eigenvalue weighted by atomic mass is 35.5. The number of rotatable bonds is 7. The van der Waals surface area contributed by atoms with E-state index in [1.165, 1.54) is 0 Å². The molecule has 0 heterocycles. The number of halogens is 5. The molecule has 1 amide bonds. The van der Waals surface area contributed by atoms with E-state index in [4.69, 9.17) is 11.6 Å². The topological polar surface area (TPSA) is 37.4 Å². The highest BCUT2D eigenvalue weighted by Gasteiger charge is 2.53. The number of amides is 1. The number of Topliss-reactive ketones (excluding diaryl/α,β-unsaturated/α-hetero) is 1. The van der Waals surface area contributed by atoms with Crippen molar-refractivity contribution in [3.8, 4) is 0 Å². The Morgan fingerprint density at radius 2 is 1.89 bits per heavy atom. The average Bonchev–Trinajstić information content (AvgIpc) is 3.12. The predicted molar refractivity (Wildman–Crippen MR) is 56.0 cm³/mol. The Morgan fingerprint density at radius 1 is 1.33 bits per heavy atom. The largest absolute Gasteiger partial charge is 0.383 e.